The first-order valence-corrected chi connectivity index (χ1v) is 6.99. The monoisotopic (exact) mass is 286 g/mol. The van der Waals surface area contributed by atoms with Gasteiger partial charge in [-0.1, -0.05) is 42.0 Å². The van der Waals surface area contributed by atoms with Crippen LogP contribution in [-0.2, 0) is 17.6 Å². The van der Waals surface area contributed by atoms with Crippen molar-refractivity contribution in [2.75, 3.05) is 0 Å². The van der Waals surface area contributed by atoms with Crippen LogP contribution in [0.1, 0.15) is 22.3 Å². The summed E-state index contributed by atoms with van der Waals surface area (Å²) in [4.78, 5) is 11.5. The van der Waals surface area contributed by atoms with Crippen molar-refractivity contribution >= 4 is 5.97 Å². The summed E-state index contributed by atoms with van der Waals surface area (Å²) in [5.41, 5.74) is 3.64. The van der Waals surface area contributed by atoms with Gasteiger partial charge in [0.25, 0.3) is 0 Å². The van der Waals surface area contributed by atoms with Gasteiger partial charge in [-0.15, -0.1) is 0 Å². The van der Waals surface area contributed by atoms with E-state index in [-0.39, 0.29) is 12.2 Å². The van der Waals surface area contributed by atoms with E-state index in [0.717, 1.165) is 16.7 Å². The molecular weight excluding hydrogens is 267 g/mol. The molecule has 21 heavy (non-hydrogen) atoms. The number of carboxylic acid groups (broad SMARTS) is 1. The van der Waals surface area contributed by atoms with Gasteiger partial charge in [0, 0.05) is 0 Å². The van der Waals surface area contributed by atoms with Crippen LogP contribution < -0.4 is 0 Å². The number of hydrogen-bond donors (Lipinski definition) is 1. The third-order valence-corrected chi connectivity index (χ3v) is 3.74. The largest absolute Gasteiger partial charge is 0.481 e. The zero-order valence-electron chi connectivity index (χ0n) is 12.3. The lowest BCUT2D eigenvalue weighted by atomic mass is 9.90. The molecule has 0 aromatic heterocycles. The third-order valence-electron chi connectivity index (χ3n) is 3.74. The maximum absolute atomic E-state index is 13.7. The van der Waals surface area contributed by atoms with Gasteiger partial charge in [0.05, 0.1) is 5.92 Å². The fourth-order valence-electron chi connectivity index (χ4n) is 2.46. The Bertz CT molecular complexity index is 649. The van der Waals surface area contributed by atoms with E-state index < -0.39 is 11.9 Å². The maximum Gasteiger partial charge on any atom is 0.307 e. The number of halogens is 1. The van der Waals surface area contributed by atoms with Crippen LogP contribution in [0.4, 0.5) is 4.39 Å². The molecule has 0 bridgehead atoms. The Morgan fingerprint density at radius 3 is 2.43 bits per heavy atom. The zero-order valence-corrected chi connectivity index (χ0v) is 12.3. The summed E-state index contributed by atoms with van der Waals surface area (Å²) >= 11 is 0. The molecule has 1 unspecified atom stereocenters. The SMILES string of the molecule is Cc1ccc(C)c(CC(Cc2ccccc2F)C(=O)O)c1. The molecule has 0 aliphatic rings. The van der Waals surface area contributed by atoms with Gasteiger partial charge >= 0.3 is 5.97 Å². The van der Waals surface area contributed by atoms with Crippen LogP contribution in [0.2, 0.25) is 0 Å². The van der Waals surface area contributed by atoms with Crippen LogP contribution in [0.5, 0.6) is 0 Å². The molecule has 0 fully saturated rings. The van der Waals surface area contributed by atoms with Crippen LogP contribution in [0, 0.1) is 25.6 Å². The highest BCUT2D eigenvalue weighted by molar-refractivity contribution is 5.71. The van der Waals surface area contributed by atoms with Crippen LogP contribution in [-0.4, -0.2) is 11.1 Å². The van der Waals surface area contributed by atoms with Gasteiger partial charge in [0.2, 0.25) is 0 Å². The number of aryl methyl sites for hydroxylation is 2. The fourth-order valence-corrected chi connectivity index (χ4v) is 2.46. The molecule has 2 nitrogen and oxygen atoms in total. The van der Waals surface area contributed by atoms with Crippen LogP contribution in [0.3, 0.4) is 0 Å². The van der Waals surface area contributed by atoms with Crippen LogP contribution in [0.25, 0.3) is 0 Å². The summed E-state index contributed by atoms with van der Waals surface area (Å²) < 4.78 is 13.7. The fraction of sp³-hybridized carbons (Fsp3) is 0.278. The topological polar surface area (TPSA) is 37.3 Å². The lowest BCUT2D eigenvalue weighted by molar-refractivity contribution is -0.141. The lowest BCUT2D eigenvalue weighted by Gasteiger charge is -2.15. The Balaban J connectivity index is 2.22. The van der Waals surface area contributed by atoms with Gasteiger partial charge in [0.15, 0.2) is 0 Å². The molecule has 0 aliphatic heterocycles. The van der Waals surface area contributed by atoms with Crippen molar-refractivity contribution in [3.8, 4) is 0 Å². The quantitative estimate of drug-likeness (QED) is 0.904. The summed E-state index contributed by atoms with van der Waals surface area (Å²) in [5.74, 6) is -1.86. The number of carbonyl (C=O) groups is 1. The second-order valence-electron chi connectivity index (χ2n) is 5.46. The summed E-state index contributed by atoms with van der Waals surface area (Å²) in [6.45, 7) is 3.95. The van der Waals surface area contributed by atoms with E-state index in [1.54, 1.807) is 18.2 Å². The van der Waals surface area contributed by atoms with Crippen molar-refractivity contribution in [3.63, 3.8) is 0 Å². The van der Waals surface area contributed by atoms with E-state index in [1.807, 2.05) is 32.0 Å². The first-order valence-electron chi connectivity index (χ1n) is 6.99. The van der Waals surface area contributed by atoms with Gasteiger partial charge in [-0.05, 0) is 49.4 Å². The summed E-state index contributed by atoms with van der Waals surface area (Å²) in [6, 6.07) is 12.4. The number of benzene rings is 2. The highest BCUT2D eigenvalue weighted by atomic mass is 19.1. The highest BCUT2D eigenvalue weighted by Crippen LogP contribution is 2.20. The van der Waals surface area contributed by atoms with Gasteiger partial charge in [-0.25, -0.2) is 4.39 Å². The number of carboxylic acids is 1. The summed E-state index contributed by atoms with van der Waals surface area (Å²) in [5, 5.41) is 9.42. The first kappa shape index (κ1) is 15.2. The predicted octanol–water partition coefficient (Wildman–Crippen LogP) is 3.93. The molecule has 2 aromatic rings. The van der Waals surface area contributed by atoms with Gasteiger partial charge < -0.3 is 5.11 Å². The average Bonchev–Trinajstić information content (AvgIpc) is 2.44. The summed E-state index contributed by atoms with van der Waals surface area (Å²) in [6.07, 6.45) is 0.618. The molecular formula is C18H19FO2. The molecule has 1 atom stereocenters. The van der Waals surface area contributed by atoms with E-state index in [1.165, 1.54) is 6.07 Å². The van der Waals surface area contributed by atoms with Crippen molar-refractivity contribution in [1.29, 1.82) is 0 Å². The number of hydrogen-bond acceptors (Lipinski definition) is 1. The molecule has 1 N–H and O–H groups in total. The Morgan fingerprint density at radius 2 is 1.76 bits per heavy atom. The standard InChI is InChI=1S/C18H19FO2/c1-12-7-8-13(2)15(9-12)11-16(18(20)21)10-14-5-3-4-6-17(14)19/h3-9,16H,10-11H2,1-2H3,(H,20,21). The third kappa shape index (κ3) is 3.91. The molecule has 0 amide bonds. The average molecular weight is 286 g/mol. The Morgan fingerprint density at radius 1 is 1.10 bits per heavy atom. The molecule has 0 aliphatic carbocycles. The Labute approximate surface area is 124 Å². The number of aliphatic carboxylic acids is 1. The molecule has 0 radical (unpaired) electrons. The van der Waals surface area contributed by atoms with Crippen molar-refractivity contribution in [3.05, 3.63) is 70.5 Å². The molecule has 0 heterocycles. The van der Waals surface area contributed by atoms with E-state index in [0.29, 0.717) is 12.0 Å². The highest BCUT2D eigenvalue weighted by Gasteiger charge is 2.21. The molecule has 2 rings (SSSR count). The van der Waals surface area contributed by atoms with Crippen molar-refractivity contribution in [2.45, 2.75) is 26.7 Å². The maximum atomic E-state index is 13.7. The predicted molar refractivity (Wildman–Crippen MR) is 80.8 cm³/mol. The Hall–Kier alpha value is -2.16. The number of rotatable bonds is 5. The molecule has 0 saturated heterocycles. The van der Waals surface area contributed by atoms with Gasteiger partial charge in [-0.2, -0.15) is 0 Å². The smallest absolute Gasteiger partial charge is 0.307 e. The zero-order chi connectivity index (χ0) is 15.4. The van der Waals surface area contributed by atoms with Crippen molar-refractivity contribution in [1.82, 2.24) is 0 Å². The first-order chi connectivity index (χ1) is 9.97. The molecule has 0 saturated carbocycles. The van der Waals surface area contributed by atoms with Crippen LogP contribution in [0.15, 0.2) is 42.5 Å². The van der Waals surface area contributed by atoms with Crippen molar-refractivity contribution < 1.29 is 14.3 Å². The molecule has 0 spiro atoms. The molecule has 3 heteroatoms. The second kappa shape index (κ2) is 6.53. The Kier molecular flexibility index (Phi) is 4.73. The molecule has 110 valence electrons. The minimum Gasteiger partial charge on any atom is -0.481 e. The van der Waals surface area contributed by atoms with Crippen molar-refractivity contribution in [2.24, 2.45) is 5.92 Å². The summed E-state index contributed by atoms with van der Waals surface area (Å²) in [7, 11) is 0. The van der Waals surface area contributed by atoms with E-state index in [2.05, 4.69) is 0 Å². The minimum absolute atomic E-state index is 0.204. The van der Waals surface area contributed by atoms with E-state index in [9.17, 15) is 14.3 Å². The minimum atomic E-state index is -0.890. The lowest BCUT2D eigenvalue weighted by Crippen LogP contribution is -2.20. The second-order valence-corrected chi connectivity index (χ2v) is 5.46. The van der Waals surface area contributed by atoms with E-state index >= 15 is 0 Å². The van der Waals surface area contributed by atoms with Gasteiger partial charge in [-0.3, -0.25) is 4.79 Å². The molecule has 2 aromatic carbocycles. The van der Waals surface area contributed by atoms with Gasteiger partial charge in [0.1, 0.15) is 5.82 Å². The van der Waals surface area contributed by atoms with E-state index in [4.69, 9.17) is 0 Å². The van der Waals surface area contributed by atoms with Crippen LogP contribution >= 0.6 is 0 Å². The normalized spacial score (nSPS) is 12.1.